The summed E-state index contributed by atoms with van der Waals surface area (Å²) in [7, 11) is -1.70. The van der Waals surface area contributed by atoms with Gasteiger partial charge >= 0.3 is 0 Å². The van der Waals surface area contributed by atoms with Crippen LogP contribution < -0.4 is 4.72 Å². The van der Waals surface area contributed by atoms with E-state index in [9.17, 15) is 17.2 Å². The lowest BCUT2D eigenvalue weighted by molar-refractivity contribution is 0.585. The van der Waals surface area contributed by atoms with Crippen LogP contribution in [-0.2, 0) is 17.1 Å². The SMILES string of the molecule is Cn1cc(-c2ccc3c(ncn3-c3cnc(NS(=O)(=O)C4CC4)nc3)c2-c2ccc(F)cc2F)cn1. The summed E-state index contributed by atoms with van der Waals surface area (Å²) in [5.74, 6) is -1.40. The first kappa shape index (κ1) is 22.3. The van der Waals surface area contributed by atoms with Crippen LogP contribution in [0.5, 0.6) is 0 Å². The van der Waals surface area contributed by atoms with Gasteiger partial charge in [-0.15, -0.1) is 0 Å². The highest BCUT2D eigenvalue weighted by Gasteiger charge is 2.36. The molecule has 0 amide bonds. The summed E-state index contributed by atoms with van der Waals surface area (Å²) in [6, 6.07) is 7.10. The fourth-order valence-corrected chi connectivity index (χ4v) is 5.42. The van der Waals surface area contributed by atoms with Crippen LogP contribution in [-0.4, -0.2) is 43.0 Å². The van der Waals surface area contributed by atoms with Crippen molar-refractivity contribution in [2.45, 2.75) is 18.1 Å². The Hall–Kier alpha value is -4.19. The van der Waals surface area contributed by atoms with Gasteiger partial charge < -0.3 is 0 Å². The Morgan fingerprint density at radius 3 is 2.42 bits per heavy atom. The van der Waals surface area contributed by atoms with Crippen LogP contribution in [0.1, 0.15) is 12.8 Å². The monoisotopic (exact) mass is 507 g/mol. The van der Waals surface area contributed by atoms with E-state index in [0.717, 1.165) is 11.6 Å². The van der Waals surface area contributed by atoms with E-state index in [1.165, 1.54) is 24.5 Å². The fraction of sp³-hybridized carbons (Fsp3) is 0.167. The number of nitrogens with one attached hydrogen (secondary N) is 1. The lowest BCUT2D eigenvalue weighted by Crippen LogP contribution is -2.19. The van der Waals surface area contributed by atoms with E-state index in [-0.39, 0.29) is 11.5 Å². The number of halogens is 2. The molecule has 1 aliphatic rings. The molecule has 182 valence electrons. The molecule has 3 heterocycles. The number of nitrogens with zero attached hydrogens (tertiary/aromatic N) is 6. The minimum atomic E-state index is -3.48. The van der Waals surface area contributed by atoms with Gasteiger partial charge in [-0.1, -0.05) is 6.07 Å². The van der Waals surface area contributed by atoms with Crippen LogP contribution in [0.25, 0.3) is 39.0 Å². The molecule has 0 unspecified atom stereocenters. The largest absolute Gasteiger partial charge is 0.296 e. The van der Waals surface area contributed by atoms with Crippen molar-refractivity contribution in [1.29, 1.82) is 0 Å². The highest BCUT2D eigenvalue weighted by atomic mass is 32.2. The van der Waals surface area contributed by atoms with Crippen molar-refractivity contribution in [2.24, 2.45) is 7.05 Å². The van der Waals surface area contributed by atoms with Crippen LogP contribution in [0, 0.1) is 11.6 Å². The van der Waals surface area contributed by atoms with Crippen LogP contribution in [0.3, 0.4) is 0 Å². The van der Waals surface area contributed by atoms with E-state index in [0.29, 0.717) is 40.7 Å². The number of aromatic nitrogens is 6. The summed E-state index contributed by atoms with van der Waals surface area (Å²) >= 11 is 0. The first-order valence-corrected chi connectivity index (χ1v) is 12.6. The molecular weight excluding hydrogens is 488 g/mol. The summed E-state index contributed by atoms with van der Waals surface area (Å²) < 4.78 is 58.7. The van der Waals surface area contributed by atoms with Crippen LogP contribution >= 0.6 is 0 Å². The molecule has 0 aliphatic heterocycles. The van der Waals surface area contributed by atoms with Gasteiger partial charge in [0.05, 0.1) is 40.6 Å². The maximum absolute atomic E-state index is 15.0. The molecular formula is C24H19F2N7O2S. The van der Waals surface area contributed by atoms with E-state index in [2.05, 4.69) is 24.8 Å². The molecule has 0 radical (unpaired) electrons. The first-order valence-electron chi connectivity index (χ1n) is 11.1. The number of sulfonamides is 1. The van der Waals surface area contributed by atoms with E-state index >= 15 is 0 Å². The Balaban J connectivity index is 1.47. The summed E-state index contributed by atoms with van der Waals surface area (Å²) in [6.45, 7) is 0. The molecule has 1 fully saturated rings. The molecule has 1 aliphatic carbocycles. The van der Waals surface area contributed by atoms with E-state index in [1.807, 2.05) is 12.1 Å². The lowest BCUT2D eigenvalue weighted by atomic mass is 9.94. The van der Waals surface area contributed by atoms with E-state index < -0.39 is 26.9 Å². The third-order valence-corrected chi connectivity index (χ3v) is 7.86. The third kappa shape index (κ3) is 3.88. The Morgan fingerprint density at radius 1 is 1.00 bits per heavy atom. The predicted octanol–water partition coefficient (Wildman–Crippen LogP) is 4.07. The van der Waals surface area contributed by atoms with E-state index in [1.54, 1.807) is 35.0 Å². The molecule has 0 bridgehead atoms. The van der Waals surface area contributed by atoms with Gasteiger partial charge in [0.1, 0.15) is 18.0 Å². The molecule has 12 heteroatoms. The molecule has 5 aromatic rings. The second-order valence-electron chi connectivity index (χ2n) is 8.61. The summed E-state index contributed by atoms with van der Waals surface area (Å²) in [5, 5.41) is 3.83. The van der Waals surface area contributed by atoms with Crippen molar-refractivity contribution in [1.82, 2.24) is 29.3 Å². The summed E-state index contributed by atoms with van der Waals surface area (Å²) in [6.07, 6.45) is 9.24. The zero-order valence-electron chi connectivity index (χ0n) is 18.9. The standard InChI is InChI=1S/C24H19F2N7O2S/c1-32-12-14(9-30-32)18-6-7-21-23(22(18)19-5-2-15(25)8-20(19)26)29-13-33(21)16-10-27-24(28-11-16)31-36(34,35)17-3-4-17/h2,5-13,17H,3-4H2,1H3,(H,27,28,31). The minimum Gasteiger partial charge on any atom is -0.296 e. The quantitative estimate of drug-likeness (QED) is 0.371. The second kappa shape index (κ2) is 8.19. The molecule has 6 rings (SSSR count). The van der Waals surface area contributed by atoms with Crippen molar-refractivity contribution in [2.75, 3.05) is 4.72 Å². The number of imidazole rings is 1. The fourth-order valence-electron chi connectivity index (χ4n) is 4.14. The second-order valence-corrected chi connectivity index (χ2v) is 10.6. The Labute approximate surface area is 204 Å². The number of hydrogen-bond acceptors (Lipinski definition) is 6. The third-order valence-electron chi connectivity index (χ3n) is 6.05. The first-order chi connectivity index (χ1) is 17.3. The van der Waals surface area contributed by atoms with Gasteiger partial charge in [-0.3, -0.25) is 14.0 Å². The summed E-state index contributed by atoms with van der Waals surface area (Å²) in [5.41, 5.74) is 3.79. The van der Waals surface area contributed by atoms with Gasteiger partial charge in [0.2, 0.25) is 16.0 Å². The average molecular weight is 508 g/mol. The molecule has 0 atom stereocenters. The smallest absolute Gasteiger partial charge is 0.237 e. The maximum atomic E-state index is 15.0. The normalized spacial score (nSPS) is 13.9. The highest BCUT2D eigenvalue weighted by molar-refractivity contribution is 7.93. The van der Waals surface area contributed by atoms with E-state index in [4.69, 9.17) is 0 Å². The van der Waals surface area contributed by atoms with Crippen LogP contribution in [0.15, 0.2) is 61.4 Å². The predicted molar refractivity (Wildman–Crippen MR) is 130 cm³/mol. The Morgan fingerprint density at radius 2 is 1.75 bits per heavy atom. The molecule has 3 aromatic heterocycles. The number of hydrogen-bond donors (Lipinski definition) is 1. The molecule has 0 spiro atoms. The van der Waals surface area contributed by atoms with Gasteiger partial charge in [-0.25, -0.2) is 32.2 Å². The number of anilines is 1. The summed E-state index contributed by atoms with van der Waals surface area (Å²) in [4.78, 5) is 12.8. The van der Waals surface area contributed by atoms with Crippen molar-refractivity contribution in [3.8, 4) is 27.9 Å². The number of benzene rings is 2. The Bertz CT molecular complexity index is 1730. The minimum absolute atomic E-state index is 0.0111. The lowest BCUT2D eigenvalue weighted by Gasteiger charge is -2.12. The van der Waals surface area contributed by atoms with Gasteiger partial charge in [0.15, 0.2) is 0 Å². The topological polar surface area (TPSA) is 108 Å². The molecule has 2 aromatic carbocycles. The Kier molecular flexibility index (Phi) is 5.07. The van der Waals surface area contributed by atoms with Crippen molar-refractivity contribution in [3.05, 3.63) is 73.1 Å². The van der Waals surface area contributed by atoms with Gasteiger partial charge in [-0.05, 0) is 36.6 Å². The molecule has 1 saturated carbocycles. The van der Waals surface area contributed by atoms with Crippen molar-refractivity contribution in [3.63, 3.8) is 0 Å². The van der Waals surface area contributed by atoms with Crippen LogP contribution in [0.4, 0.5) is 14.7 Å². The molecule has 36 heavy (non-hydrogen) atoms. The number of fused-ring (bicyclic) bond motifs is 1. The molecule has 1 N–H and O–H groups in total. The maximum Gasteiger partial charge on any atom is 0.237 e. The number of aryl methyl sites for hydroxylation is 1. The molecule has 0 saturated heterocycles. The zero-order chi connectivity index (χ0) is 25.0. The number of rotatable bonds is 6. The van der Waals surface area contributed by atoms with Crippen LogP contribution in [0.2, 0.25) is 0 Å². The highest BCUT2D eigenvalue weighted by Crippen LogP contribution is 2.39. The average Bonchev–Trinajstić information content (AvgIpc) is 3.50. The van der Waals surface area contributed by atoms with Gasteiger partial charge in [0, 0.05) is 36.0 Å². The zero-order valence-corrected chi connectivity index (χ0v) is 19.7. The molecule has 9 nitrogen and oxygen atoms in total. The van der Waals surface area contributed by atoms with Crippen molar-refractivity contribution < 1.29 is 17.2 Å². The van der Waals surface area contributed by atoms with Gasteiger partial charge in [0.25, 0.3) is 0 Å². The van der Waals surface area contributed by atoms with Gasteiger partial charge in [-0.2, -0.15) is 5.10 Å². The van der Waals surface area contributed by atoms with Crippen molar-refractivity contribution >= 4 is 27.0 Å².